The highest BCUT2D eigenvalue weighted by molar-refractivity contribution is 14.0. The molecule has 2 N–H and O–H groups in total. The van der Waals surface area contributed by atoms with Crippen molar-refractivity contribution in [3.8, 4) is 11.5 Å². The average molecular weight is 499 g/mol. The lowest BCUT2D eigenvalue weighted by Gasteiger charge is -2.14. The number of benzene rings is 2. The van der Waals surface area contributed by atoms with Gasteiger partial charge in [0.05, 0.1) is 20.8 Å². The van der Waals surface area contributed by atoms with Crippen LogP contribution in [-0.2, 0) is 24.4 Å². The first-order chi connectivity index (χ1) is 13.2. The van der Waals surface area contributed by atoms with Gasteiger partial charge in [0.1, 0.15) is 11.5 Å². The number of methoxy groups -OCH3 is 2. The van der Waals surface area contributed by atoms with E-state index in [1.54, 1.807) is 21.3 Å². The molecule has 7 heteroatoms. The number of aliphatic imine (C=N–C) groups is 1. The third-order valence-corrected chi connectivity index (χ3v) is 4.12. The van der Waals surface area contributed by atoms with Gasteiger partial charge in [0.25, 0.3) is 0 Å². The van der Waals surface area contributed by atoms with Crippen molar-refractivity contribution in [1.82, 2.24) is 10.6 Å². The molecule has 0 heterocycles. The minimum Gasteiger partial charge on any atom is -0.497 e. The molecule has 28 heavy (non-hydrogen) atoms. The highest BCUT2D eigenvalue weighted by Gasteiger charge is 2.06. The fourth-order valence-corrected chi connectivity index (χ4v) is 2.56. The molecule has 0 unspecified atom stereocenters. The zero-order chi connectivity index (χ0) is 19.5. The van der Waals surface area contributed by atoms with Crippen molar-refractivity contribution in [1.29, 1.82) is 0 Å². The maximum Gasteiger partial charge on any atom is 0.191 e. The molecule has 0 amide bonds. The summed E-state index contributed by atoms with van der Waals surface area (Å²) in [5, 5.41) is 6.63. The zero-order valence-corrected chi connectivity index (χ0v) is 19.3. The Morgan fingerprint density at radius 3 is 2.21 bits per heavy atom. The molecular formula is C21H30IN3O3. The molecule has 0 aromatic heterocycles. The second kappa shape index (κ2) is 13.2. The quantitative estimate of drug-likeness (QED) is 0.313. The molecule has 0 radical (unpaired) electrons. The summed E-state index contributed by atoms with van der Waals surface area (Å²) in [4.78, 5) is 4.27. The van der Waals surface area contributed by atoms with E-state index in [9.17, 15) is 0 Å². The Morgan fingerprint density at radius 1 is 0.929 bits per heavy atom. The fraction of sp³-hybridized carbons (Fsp3) is 0.381. The van der Waals surface area contributed by atoms with Crippen LogP contribution in [0.4, 0.5) is 0 Å². The first-order valence-electron chi connectivity index (χ1n) is 9.01. The largest absolute Gasteiger partial charge is 0.497 e. The molecule has 6 nitrogen and oxygen atoms in total. The number of halogens is 1. The third kappa shape index (κ3) is 7.55. The van der Waals surface area contributed by atoms with Gasteiger partial charge < -0.3 is 24.8 Å². The van der Waals surface area contributed by atoms with E-state index in [-0.39, 0.29) is 24.0 Å². The van der Waals surface area contributed by atoms with Crippen molar-refractivity contribution in [3.05, 3.63) is 59.2 Å². The Labute approximate surface area is 184 Å². The Hall–Kier alpha value is -2.00. The molecule has 0 saturated heterocycles. The second-order valence-corrected chi connectivity index (χ2v) is 5.91. The third-order valence-electron chi connectivity index (χ3n) is 4.12. The van der Waals surface area contributed by atoms with Crippen LogP contribution in [0.3, 0.4) is 0 Å². The standard InChI is InChI=1S/C21H29N3O3.HI/c1-5-27-15-17-8-6-16(7-9-17)13-23-21(22-2)24-14-18-10-11-19(25-3)12-20(18)26-4;/h6-12H,5,13-15H2,1-4H3,(H2,22,23,24);1H. The molecule has 0 aliphatic carbocycles. The molecule has 2 rings (SSSR count). The van der Waals surface area contributed by atoms with Crippen molar-refractivity contribution in [2.24, 2.45) is 4.99 Å². The van der Waals surface area contributed by atoms with E-state index in [1.807, 2.05) is 25.1 Å². The predicted octanol–water partition coefficient (Wildman–Crippen LogP) is 3.72. The molecule has 0 bridgehead atoms. The summed E-state index contributed by atoms with van der Waals surface area (Å²) in [6.45, 7) is 4.66. The van der Waals surface area contributed by atoms with E-state index in [1.165, 1.54) is 11.1 Å². The van der Waals surface area contributed by atoms with Gasteiger partial charge in [0.2, 0.25) is 0 Å². The van der Waals surface area contributed by atoms with E-state index in [0.29, 0.717) is 19.7 Å². The summed E-state index contributed by atoms with van der Waals surface area (Å²) in [6.07, 6.45) is 0. The van der Waals surface area contributed by atoms with E-state index in [4.69, 9.17) is 14.2 Å². The summed E-state index contributed by atoms with van der Waals surface area (Å²) in [7, 11) is 5.05. The lowest BCUT2D eigenvalue weighted by molar-refractivity contribution is 0.134. The number of hydrogen-bond acceptors (Lipinski definition) is 4. The molecule has 154 valence electrons. The molecular weight excluding hydrogens is 469 g/mol. The summed E-state index contributed by atoms with van der Waals surface area (Å²) in [5.74, 6) is 2.28. The number of hydrogen-bond donors (Lipinski definition) is 2. The van der Waals surface area contributed by atoms with Gasteiger partial charge >= 0.3 is 0 Å². The monoisotopic (exact) mass is 499 g/mol. The maximum atomic E-state index is 5.43. The minimum atomic E-state index is 0. The molecule has 0 atom stereocenters. The van der Waals surface area contributed by atoms with Crippen LogP contribution in [-0.4, -0.2) is 33.8 Å². The lowest BCUT2D eigenvalue weighted by Crippen LogP contribution is -2.36. The van der Waals surface area contributed by atoms with E-state index in [0.717, 1.165) is 29.6 Å². The Bertz CT molecular complexity index is 736. The van der Waals surface area contributed by atoms with Crippen LogP contribution in [0.25, 0.3) is 0 Å². The van der Waals surface area contributed by atoms with Gasteiger partial charge in [0, 0.05) is 38.4 Å². The number of ether oxygens (including phenoxy) is 3. The topological polar surface area (TPSA) is 64.1 Å². The summed E-state index contributed by atoms with van der Waals surface area (Å²) >= 11 is 0. The number of guanidine groups is 1. The van der Waals surface area contributed by atoms with E-state index < -0.39 is 0 Å². The van der Waals surface area contributed by atoms with Crippen molar-refractivity contribution < 1.29 is 14.2 Å². The van der Waals surface area contributed by atoms with Crippen LogP contribution in [0.1, 0.15) is 23.6 Å². The van der Waals surface area contributed by atoms with E-state index >= 15 is 0 Å². The van der Waals surface area contributed by atoms with Crippen LogP contribution in [0.2, 0.25) is 0 Å². The van der Waals surface area contributed by atoms with Crippen LogP contribution >= 0.6 is 24.0 Å². The molecule has 0 fully saturated rings. The molecule has 2 aromatic rings. The highest BCUT2D eigenvalue weighted by Crippen LogP contribution is 2.24. The minimum absolute atomic E-state index is 0. The molecule has 0 saturated carbocycles. The summed E-state index contributed by atoms with van der Waals surface area (Å²) in [5.41, 5.74) is 3.39. The SMILES string of the molecule is CCOCc1ccc(CNC(=NC)NCc2ccc(OC)cc2OC)cc1.I. The maximum absolute atomic E-state index is 5.43. The van der Waals surface area contributed by atoms with Gasteiger partial charge in [0.15, 0.2) is 5.96 Å². The van der Waals surface area contributed by atoms with Crippen LogP contribution in [0.5, 0.6) is 11.5 Å². The van der Waals surface area contributed by atoms with Crippen LogP contribution in [0.15, 0.2) is 47.5 Å². The van der Waals surface area contributed by atoms with Crippen molar-refractivity contribution in [3.63, 3.8) is 0 Å². The summed E-state index contributed by atoms with van der Waals surface area (Å²) in [6, 6.07) is 14.1. The Kier molecular flexibility index (Phi) is 11.4. The van der Waals surface area contributed by atoms with Gasteiger partial charge in [-0.15, -0.1) is 24.0 Å². The van der Waals surface area contributed by atoms with Gasteiger partial charge in [-0.25, -0.2) is 0 Å². The normalized spacial score (nSPS) is 10.8. The Morgan fingerprint density at radius 2 is 1.61 bits per heavy atom. The van der Waals surface area contributed by atoms with Gasteiger partial charge in [-0.2, -0.15) is 0 Å². The van der Waals surface area contributed by atoms with Crippen molar-refractivity contribution in [2.45, 2.75) is 26.6 Å². The lowest BCUT2D eigenvalue weighted by atomic mass is 10.1. The molecule has 0 aliphatic heterocycles. The van der Waals surface area contributed by atoms with Crippen LogP contribution in [0, 0.1) is 0 Å². The van der Waals surface area contributed by atoms with Gasteiger partial charge in [-0.3, -0.25) is 4.99 Å². The molecule has 0 spiro atoms. The molecule has 2 aromatic carbocycles. The fourth-order valence-electron chi connectivity index (χ4n) is 2.56. The number of rotatable bonds is 9. The van der Waals surface area contributed by atoms with Gasteiger partial charge in [-0.05, 0) is 30.2 Å². The van der Waals surface area contributed by atoms with Gasteiger partial charge in [-0.1, -0.05) is 24.3 Å². The van der Waals surface area contributed by atoms with Crippen molar-refractivity contribution >= 4 is 29.9 Å². The second-order valence-electron chi connectivity index (χ2n) is 5.91. The number of nitrogens with zero attached hydrogens (tertiary/aromatic N) is 1. The predicted molar refractivity (Wildman–Crippen MR) is 124 cm³/mol. The highest BCUT2D eigenvalue weighted by atomic mass is 127. The summed E-state index contributed by atoms with van der Waals surface area (Å²) < 4.78 is 16.1. The smallest absolute Gasteiger partial charge is 0.191 e. The Balaban J connectivity index is 0.00000392. The zero-order valence-electron chi connectivity index (χ0n) is 17.0. The van der Waals surface area contributed by atoms with Crippen molar-refractivity contribution in [2.75, 3.05) is 27.9 Å². The first-order valence-corrected chi connectivity index (χ1v) is 9.01. The van der Waals surface area contributed by atoms with E-state index in [2.05, 4.69) is 39.9 Å². The number of nitrogens with one attached hydrogen (secondary N) is 2. The molecule has 0 aliphatic rings. The van der Waals surface area contributed by atoms with Crippen LogP contribution < -0.4 is 20.1 Å². The average Bonchev–Trinajstić information content (AvgIpc) is 2.73. The first kappa shape index (κ1) is 24.0.